The molecule has 2 aromatic rings. The van der Waals surface area contributed by atoms with Crippen molar-refractivity contribution in [1.82, 2.24) is 15.1 Å². The standard InChI is InChI=1S/C20H26N4O2/c21-20(26)17-14-16(22-23-17)18-11-6-7-13-24(18)19(25)12-5-4-10-15-8-2-1-3-9-15/h1-3,8-9,14,18H,4-7,10-13H2,(H2,21,26)(H,22,23). The molecule has 0 aliphatic carbocycles. The lowest BCUT2D eigenvalue weighted by atomic mass is 9.98. The van der Waals surface area contributed by atoms with E-state index in [9.17, 15) is 9.59 Å². The molecule has 1 aliphatic heterocycles. The maximum Gasteiger partial charge on any atom is 0.269 e. The minimum absolute atomic E-state index is 0.0361. The van der Waals surface area contributed by atoms with Crippen LogP contribution in [0, 0.1) is 0 Å². The molecule has 138 valence electrons. The number of nitrogens with zero attached hydrogens (tertiary/aromatic N) is 2. The van der Waals surface area contributed by atoms with Gasteiger partial charge in [0.05, 0.1) is 11.7 Å². The fourth-order valence-electron chi connectivity index (χ4n) is 3.58. The van der Waals surface area contributed by atoms with Crippen molar-refractivity contribution >= 4 is 11.8 Å². The molecule has 6 heteroatoms. The van der Waals surface area contributed by atoms with E-state index in [4.69, 9.17) is 5.73 Å². The van der Waals surface area contributed by atoms with Gasteiger partial charge in [-0.25, -0.2) is 0 Å². The number of nitrogens with one attached hydrogen (secondary N) is 1. The molecule has 3 rings (SSSR count). The molecular formula is C20H26N4O2. The van der Waals surface area contributed by atoms with Gasteiger partial charge in [-0.05, 0) is 50.2 Å². The first-order valence-electron chi connectivity index (χ1n) is 9.33. The fraction of sp³-hybridized carbons (Fsp3) is 0.450. The van der Waals surface area contributed by atoms with Gasteiger partial charge >= 0.3 is 0 Å². The highest BCUT2D eigenvalue weighted by atomic mass is 16.2. The van der Waals surface area contributed by atoms with Crippen molar-refractivity contribution in [2.75, 3.05) is 6.54 Å². The maximum atomic E-state index is 12.7. The molecule has 1 atom stereocenters. The summed E-state index contributed by atoms with van der Waals surface area (Å²) in [6.07, 6.45) is 6.41. The summed E-state index contributed by atoms with van der Waals surface area (Å²) in [7, 11) is 0. The van der Waals surface area contributed by atoms with Crippen LogP contribution < -0.4 is 5.73 Å². The number of carbonyl (C=O) groups is 2. The quantitative estimate of drug-likeness (QED) is 0.749. The number of aromatic nitrogens is 2. The van der Waals surface area contributed by atoms with Crippen LogP contribution in [-0.2, 0) is 11.2 Å². The second-order valence-corrected chi connectivity index (χ2v) is 6.86. The molecule has 1 aromatic carbocycles. The highest BCUT2D eigenvalue weighted by Gasteiger charge is 2.29. The maximum absolute atomic E-state index is 12.7. The summed E-state index contributed by atoms with van der Waals surface area (Å²) in [5, 5.41) is 6.84. The molecule has 1 saturated heterocycles. The molecule has 0 saturated carbocycles. The van der Waals surface area contributed by atoms with E-state index in [1.165, 1.54) is 5.56 Å². The number of hydrogen-bond acceptors (Lipinski definition) is 3. The molecule has 6 nitrogen and oxygen atoms in total. The van der Waals surface area contributed by atoms with Gasteiger partial charge < -0.3 is 10.6 Å². The Morgan fingerprint density at radius 1 is 1.19 bits per heavy atom. The molecule has 0 bridgehead atoms. The summed E-state index contributed by atoms with van der Waals surface area (Å²) >= 11 is 0. The normalized spacial score (nSPS) is 17.2. The van der Waals surface area contributed by atoms with E-state index in [0.717, 1.165) is 50.8 Å². The van der Waals surface area contributed by atoms with Crippen molar-refractivity contribution in [2.45, 2.75) is 51.0 Å². The number of aryl methyl sites for hydroxylation is 1. The van der Waals surface area contributed by atoms with Crippen molar-refractivity contribution in [3.05, 3.63) is 53.3 Å². The number of nitrogens with two attached hydrogens (primary N) is 1. The van der Waals surface area contributed by atoms with E-state index in [2.05, 4.69) is 22.3 Å². The van der Waals surface area contributed by atoms with Crippen LogP contribution in [-0.4, -0.2) is 33.5 Å². The number of aromatic amines is 1. The molecule has 26 heavy (non-hydrogen) atoms. The van der Waals surface area contributed by atoms with Crippen molar-refractivity contribution < 1.29 is 9.59 Å². The first-order valence-corrected chi connectivity index (χ1v) is 9.33. The Balaban J connectivity index is 1.54. The van der Waals surface area contributed by atoms with Crippen LogP contribution in [0.15, 0.2) is 36.4 Å². The summed E-state index contributed by atoms with van der Waals surface area (Å²) < 4.78 is 0. The number of hydrogen-bond donors (Lipinski definition) is 2. The van der Waals surface area contributed by atoms with Crippen molar-refractivity contribution in [1.29, 1.82) is 0 Å². The molecule has 3 N–H and O–H groups in total. The number of unbranched alkanes of at least 4 members (excludes halogenated alkanes) is 1. The summed E-state index contributed by atoms with van der Waals surface area (Å²) in [5.41, 5.74) is 7.62. The Bertz CT molecular complexity index is 741. The molecule has 0 spiro atoms. The number of benzene rings is 1. The third kappa shape index (κ3) is 4.50. The average Bonchev–Trinajstić information content (AvgIpc) is 3.16. The van der Waals surface area contributed by atoms with Gasteiger partial charge in [0, 0.05) is 13.0 Å². The molecular weight excluding hydrogens is 328 g/mol. The van der Waals surface area contributed by atoms with Crippen molar-refractivity contribution in [2.24, 2.45) is 5.73 Å². The Morgan fingerprint density at radius 2 is 2.00 bits per heavy atom. The van der Waals surface area contributed by atoms with Gasteiger partial charge in [-0.2, -0.15) is 5.10 Å². The van der Waals surface area contributed by atoms with Crippen molar-refractivity contribution in [3.63, 3.8) is 0 Å². The van der Waals surface area contributed by atoms with E-state index in [1.54, 1.807) is 6.07 Å². The van der Waals surface area contributed by atoms with E-state index in [-0.39, 0.29) is 17.6 Å². The number of rotatable bonds is 7. The monoisotopic (exact) mass is 354 g/mol. The first-order chi connectivity index (χ1) is 12.6. The smallest absolute Gasteiger partial charge is 0.269 e. The number of carbonyl (C=O) groups excluding carboxylic acids is 2. The molecule has 0 radical (unpaired) electrons. The van der Waals surface area contributed by atoms with Gasteiger partial charge in [-0.15, -0.1) is 0 Å². The van der Waals surface area contributed by atoms with Gasteiger partial charge in [0.15, 0.2) is 0 Å². The number of piperidine rings is 1. The Labute approximate surface area is 153 Å². The summed E-state index contributed by atoms with van der Waals surface area (Å²) in [6.45, 7) is 0.757. The van der Waals surface area contributed by atoms with E-state index >= 15 is 0 Å². The van der Waals surface area contributed by atoms with Crippen molar-refractivity contribution in [3.8, 4) is 0 Å². The Morgan fingerprint density at radius 3 is 2.73 bits per heavy atom. The lowest BCUT2D eigenvalue weighted by Gasteiger charge is -2.35. The second kappa shape index (κ2) is 8.65. The SMILES string of the molecule is NC(=O)c1cc(C2CCCCN2C(=O)CCCCc2ccccc2)[nH]n1. The zero-order valence-corrected chi connectivity index (χ0v) is 15.0. The van der Waals surface area contributed by atoms with Gasteiger partial charge in [0.25, 0.3) is 5.91 Å². The van der Waals surface area contributed by atoms with Crippen LogP contribution >= 0.6 is 0 Å². The molecule has 1 unspecified atom stereocenters. The average molecular weight is 354 g/mol. The van der Waals surface area contributed by atoms with Crippen LogP contribution in [0.1, 0.15) is 66.3 Å². The Hall–Kier alpha value is -2.63. The van der Waals surface area contributed by atoms with Crippen LogP contribution in [0.3, 0.4) is 0 Å². The fourth-order valence-corrected chi connectivity index (χ4v) is 3.58. The molecule has 1 fully saturated rings. The molecule has 1 aliphatic rings. The lowest BCUT2D eigenvalue weighted by molar-refractivity contribution is -0.135. The van der Waals surface area contributed by atoms with Crippen LogP contribution in [0.5, 0.6) is 0 Å². The minimum Gasteiger partial charge on any atom is -0.364 e. The van der Waals surface area contributed by atoms with E-state index in [0.29, 0.717) is 6.42 Å². The number of H-pyrrole nitrogens is 1. The predicted molar refractivity (Wildman–Crippen MR) is 99.4 cm³/mol. The molecule has 2 amide bonds. The van der Waals surface area contributed by atoms with Gasteiger partial charge in [-0.3, -0.25) is 14.7 Å². The molecule has 1 aromatic heterocycles. The number of primary amides is 1. The highest BCUT2D eigenvalue weighted by molar-refractivity contribution is 5.90. The Kier molecular flexibility index (Phi) is 6.04. The zero-order valence-electron chi connectivity index (χ0n) is 15.0. The topological polar surface area (TPSA) is 92.1 Å². The predicted octanol–water partition coefficient (Wildman–Crippen LogP) is 2.98. The third-order valence-electron chi connectivity index (χ3n) is 4.98. The zero-order chi connectivity index (χ0) is 18.4. The third-order valence-corrected chi connectivity index (χ3v) is 4.98. The van der Waals surface area contributed by atoms with Crippen LogP contribution in [0.2, 0.25) is 0 Å². The number of likely N-dealkylation sites (tertiary alicyclic amines) is 1. The lowest BCUT2D eigenvalue weighted by Crippen LogP contribution is -2.38. The van der Waals surface area contributed by atoms with Crippen LogP contribution in [0.4, 0.5) is 0 Å². The van der Waals surface area contributed by atoms with Gasteiger partial charge in [-0.1, -0.05) is 30.3 Å². The summed E-state index contributed by atoms with van der Waals surface area (Å²) in [4.78, 5) is 25.9. The summed E-state index contributed by atoms with van der Waals surface area (Å²) in [6, 6.07) is 12.0. The van der Waals surface area contributed by atoms with Gasteiger partial charge in [0.2, 0.25) is 5.91 Å². The largest absolute Gasteiger partial charge is 0.364 e. The molecule has 2 heterocycles. The number of amides is 2. The van der Waals surface area contributed by atoms with Gasteiger partial charge in [0.1, 0.15) is 5.69 Å². The highest BCUT2D eigenvalue weighted by Crippen LogP contribution is 2.30. The van der Waals surface area contributed by atoms with E-state index < -0.39 is 5.91 Å². The minimum atomic E-state index is -0.554. The van der Waals surface area contributed by atoms with Crippen LogP contribution in [0.25, 0.3) is 0 Å². The first kappa shape index (κ1) is 18.2. The second-order valence-electron chi connectivity index (χ2n) is 6.86. The summed E-state index contributed by atoms with van der Waals surface area (Å²) in [5.74, 6) is -0.375. The van der Waals surface area contributed by atoms with E-state index in [1.807, 2.05) is 23.1 Å².